The Labute approximate surface area is 108 Å². The van der Waals surface area contributed by atoms with E-state index in [9.17, 15) is 9.59 Å². The van der Waals surface area contributed by atoms with Gasteiger partial charge in [-0.1, -0.05) is 6.07 Å². The number of aryl methyl sites for hydroxylation is 1. The van der Waals surface area contributed by atoms with Crippen molar-refractivity contribution in [3.63, 3.8) is 0 Å². The molecule has 0 aliphatic carbocycles. The van der Waals surface area contributed by atoms with Gasteiger partial charge in [0.25, 0.3) is 5.91 Å². The second-order valence-corrected chi connectivity index (χ2v) is 3.97. The van der Waals surface area contributed by atoms with Gasteiger partial charge in [0.15, 0.2) is 6.29 Å². The third-order valence-corrected chi connectivity index (χ3v) is 3.03. The SMILES string of the molecule is CCN(CC)C(=O)c1c(OC)ccc(C)c1C=O. The van der Waals surface area contributed by atoms with Gasteiger partial charge < -0.3 is 9.64 Å². The van der Waals surface area contributed by atoms with Crippen molar-refractivity contribution in [1.82, 2.24) is 4.90 Å². The normalized spacial score (nSPS) is 10.0. The molecule has 1 amide bonds. The Balaban J connectivity index is 3.40. The number of carbonyl (C=O) groups is 2. The molecule has 0 aliphatic heterocycles. The van der Waals surface area contributed by atoms with Gasteiger partial charge in [-0.15, -0.1) is 0 Å². The Hall–Kier alpha value is -1.84. The monoisotopic (exact) mass is 249 g/mol. The zero-order valence-electron chi connectivity index (χ0n) is 11.3. The van der Waals surface area contributed by atoms with Crippen LogP contribution >= 0.6 is 0 Å². The van der Waals surface area contributed by atoms with Crippen molar-refractivity contribution in [2.24, 2.45) is 0 Å². The summed E-state index contributed by atoms with van der Waals surface area (Å²) in [6, 6.07) is 3.50. The number of nitrogens with zero attached hydrogens (tertiary/aromatic N) is 1. The molecule has 1 rings (SSSR count). The number of aldehydes is 1. The molecule has 4 heteroatoms. The van der Waals surface area contributed by atoms with Crippen LogP contribution in [-0.4, -0.2) is 37.3 Å². The smallest absolute Gasteiger partial charge is 0.258 e. The number of methoxy groups -OCH3 is 1. The molecule has 0 fully saturated rings. The van der Waals surface area contributed by atoms with Crippen molar-refractivity contribution in [3.05, 3.63) is 28.8 Å². The minimum Gasteiger partial charge on any atom is -0.496 e. The lowest BCUT2D eigenvalue weighted by Crippen LogP contribution is -2.31. The van der Waals surface area contributed by atoms with Gasteiger partial charge in [0.2, 0.25) is 0 Å². The van der Waals surface area contributed by atoms with Crippen LogP contribution in [-0.2, 0) is 0 Å². The van der Waals surface area contributed by atoms with Crippen LogP contribution in [0.3, 0.4) is 0 Å². The maximum absolute atomic E-state index is 12.4. The molecule has 4 nitrogen and oxygen atoms in total. The van der Waals surface area contributed by atoms with Crippen molar-refractivity contribution in [2.45, 2.75) is 20.8 Å². The van der Waals surface area contributed by atoms with Crippen molar-refractivity contribution >= 4 is 12.2 Å². The fraction of sp³-hybridized carbons (Fsp3) is 0.429. The zero-order chi connectivity index (χ0) is 13.7. The minimum absolute atomic E-state index is 0.164. The number of hydrogen-bond acceptors (Lipinski definition) is 3. The Morgan fingerprint density at radius 3 is 2.39 bits per heavy atom. The highest BCUT2D eigenvalue weighted by Gasteiger charge is 2.22. The molecule has 1 aromatic carbocycles. The third kappa shape index (κ3) is 2.53. The first-order valence-corrected chi connectivity index (χ1v) is 6.02. The lowest BCUT2D eigenvalue weighted by molar-refractivity contribution is 0.0766. The molecule has 0 saturated carbocycles. The fourth-order valence-electron chi connectivity index (χ4n) is 1.92. The van der Waals surface area contributed by atoms with E-state index in [-0.39, 0.29) is 5.91 Å². The quantitative estimate of drug-likeness (QED) is 0.752. The molecule has 0 N–H and O–H groups in total. The number of carbonyl (C=O) groups excluding carboxylic acids is 2. The van der Waals surface area contributed by atoms with Crippen LogP contribution in [0, 0.1) is 6.92 Å². The van der Waals surface area contributed by atoms with Crippen LogP contribution in [0.15, 0.2) is 12.1 Å². The Morgan fingerprint density at radius 2 is 1.94 bits per heavy atom. The van der Waals surface area contributed by atoms with E-state index >= 15 is 0 Å². The third-order valence-electron chi connectivity index (χ3n) is 3.03. The predicted octanol–water partition coefficient (Wildman–Crippen LogP) is 2.30. The van der Waals surface area contributed by atoms with E-state index in [4.69, 9.17) is 4.74 Å². The number of hydrogen-bond donors (Lipinski definition) is 0. The van der Waals surface area contributed by atoms with E-state index in [1.54, 1.807) is 17.0 Å². The maximum atomic E-state index is 12.4. The van der Waals surface area contributed by atoms with Crippen LogP contribution < -0.4 is 4.74 Å². The Kier molecular flexibility index (Phi) is 4.89. The molecule has 1 aromatic rings. The number of rotatable bonds is 5. The zero-order valence-corrected chi connectivity index (χ0v) is 11.3. The summed E-state index contributed by atoms with van der Waals surface area (Å²) in [5.41, 5.74) is 1.55. The van der Waals surface area contributed by atoms with Gasteiger partial charge in [-0.05, 0) is 32.4 Å². The second kappa shape index (κ2) is 6.19. The first kappa shape index (κ1) is 14.2. The van der Waals surface area contributed by atoms with Gasteiger partial charge >= 0.3 is 0 Å². The lowest BCUT2D eigenvalue weighted by Gasteiger charge is -2.21. The number of amides is 1. The maximum Gasteiger partial charge on any atom is 0.258 e. The van der Waals surface area contributed by atoms with E-state index in [0.717, 1.165) is 5.56 Å². The molecule has 0 saturated heterocycles. The molecule has 0 radical (unpaired) electrons. The molecule has 18 heavy (non-hydrogen) atoms. The van der Waals surface area contributed by atoms with E-state index < -0.39 is 0 Å². The molecule has 0 atom stereocenters. The Bertz CT molecular complexity index is 451. The molecular weight excluding hydrogens is 230 g/mol. The van der Waals surface area contributed by atoms with E-state index in [1.165, 1.54) is 7.11 Å². The molecular formula is C14H19NO3. The Morgan fingerprint density at radius 1 is 1.33 bits per heavy atom. The van der Waals surface area contributed by atoms with Crippen molar-refractivity contribution in [1.29, 1.82) is 0 Å². The van der Waals surface area contributed by atoms with Crippen LogP contribution in [0.25, 0.3) is 0 Å². The lowest BCUT2D eigenvalue weighted by atomic mass is 10.0. The van der Waals surface area contributed by atoms with Crippen molar-refractivity contribution in [3.8, 4) is 5.75 Å². The van der Waals surface area contributed by atoms with Gasteiger partial charge in [-0.3, -0.25) is 9.59 Å². The van der Waals surface area contributed by atoms with Gasteiger partial charge in [0.05, 0.1) is 12.7 Å². The second-order valence-electron chi connectivity index (χ2n) is 3.97. The predicted molar refractivity (Wildman–Crippen MR) is 70.4 cm³/mol. The highest BCUT2D eigenvalue weighted by molar-refractivity contribution is 6.04. The first-order chi connectivity index (χ1) is 8.60. The average molecular weight is 249 g/mol. The first-order valence-electron chi connectivity index (χ1n) is 6.02. The summed E-state index contributed by atoms with van der Waals surface area (Å²) in [6.45, 7) is 6.83. The van der Waals surface area contributed by atoms with E-state index in [0.29, 0.717) is 36.3 Å². The highest BCUT2D eigenvalue weighted by Crippen LogP contribution is 2.25. The summed E-state index contributed by atoms with van der Waals surface area (Å²) in [6.07, 6.45) is 0.717. The van der Waals surface area contributed by atoms with Gasteiger partial charge in [0, 0.05) is 18.7 Å². The molecule has 0 spiro atoms. The fourth-order valence-corrected chi connectivity index (χ4v) is 1.92. The van der Waals surface area contributed by atoms with Gasteiger partial charge in [-0.2, -0.15) is 0 Å². The van der Waals surface area contributed by atoms with Crippen LogP contribution in [0.2, 0.25) is 0 Å². The van der Waals surface area contributed by atoms with Crippen LogP contribution in [0.1, 0.15) is 40.1 Å². The minimum atomic E-state index is -0.164. The van der Waals surface area contributed by atoms with E-state index in [1.807, 2.05) is 20.8 Å². The summed E-state index contributed by atoms with van der Waals surface area (Å²) < 4.78 is 5.20. The number of benzene rings is 1. The average Bonchev–Trinajstić information content (AvgIpc) is 2.39. The van der Waals surface area contributed by atoms with Gasteiger partial charge in [0.1, 0.15) is 5.75 Å². The summed E-state index contributed by atoms with van der Waals surface area (Å²) in [5.74, 6) is 0.280. The largest absolute Gasteiger partial charge is 0.496 e. The van der Waals surface area contributed by atoms with Crippen LogP contribution in [0.5, 0.6) is 5.75 Å². The molecule has 98 valence electrons. The molecule has 0 bridgehead atoms. The van der Waals surface area contributed by atoms with Crippen LogP contribution in [0.4, 0.5) is 0 Å². The molecule has 0 unspecified atom stereocenters. The van der Waals surface area contributed by atoms with E-state index in [2.05, 4.69) is 0 Å². The topological polar surface area (TPSA) is 46.6 Å². The van der Waals surface area contributed by atoms with Crippen molar-refractivity contribution < 1.29 is 14.3 Å². The molecule has 0 aromatic heterocycles. The molecule has 0 aliphatic rings. The number of ether oxygens (including phenoxy) is 1. The molecule has 0 heterocycles. The summed E-state index contributed by atoms with van der Waals surface area (Å²) >= 11 is 0. The summed E-state index contributed by atoms with van der Waals surface area (Å²) in [7, 11) is 1.50. The standard InChI is InChI=1S/C14H19NO3/c1-5-15(6-2)14(17)13-11(9-16)10(3)7-8-12(13)18-4/h7-9H,5-6H2,1-4H3. The summed E-state index contributed by atoms with van der Waals surface area (Å²) in [5, 5.41) is 0. The van der Waals surface area contributed by atoms with Crippen molar-refractivity contribution in [2.75, 3.05) is 20.2 Å². The highest BCUT2D eigenvalue weighted by atomic mass is 16.5. The van der Waals surface area contributed by atoms with Gasteiger partial charge in [-0.25, -0.2) is 0 Å². The summed E-state index contributed by atoms with van der Waals surface area (Å²) in [4.78, 5) is 25.3.